The summed E-state index contributed by atoms with van der Waals surface area (Å²) in [5, 5.41) is 0. The first-order valence-corrected chi connectivity index (χ1v) is 7.71. The van der Waals surface area contributed by atoms with E-state index in [2.05, 4.69) is 52.8 Å². The smallest absolute Gasteiger partial charge is 0.00771 e. The monoisotopic (exact) mass is 261 g/mol. The minimum absolute atomic E-state index is 0.227. The van der Waals surface area contributed by atoms with Gasteiger partial charge in [-0.05, 0) is 60.8 Å². The maximum absolute atomic E-state index is 5.67. The Morgan fingerprint density at radius 2 is 1.84 bits per heavy atom. The van der Waals surface area contributed by atoms with Gasteiger partial charge in [0, 0.05) is 0 Å². The largest absolute Gasteiger partial charge is 0.330 e. The van der Waals surface area contributed by atoms with Gasteiger partial charge in [0.15, 0.2) is 0 Å². The van der Waals surface area contributed by atoms with Gasteiger partial charge in [-0.2, -0.15) is 0 Å². The Balaban J connectivity index is 3.03. The second-order valence-corrected chi connectivity index (χ2v) is 6.74. The van der Waals surface area contributed by atoms with Crippen molar-refractivity contribution in [3.05, 3.63) is 34.9 Å². The molecule has 1 atom stereocenters. The Kier molecular flexibility index (Phi) is 6.06. The molecule has 19 heavy (non-hydrogen) atoms. The van der Waals surface area contributed by atoms with E-state index in [-0.39, 0.29) is 5.41 Å². The normalized spacial score (nSPS) is 13.6. The molecule has 0 heterocycles. The van der Waals surface area contributed by atoms with Gasteiger partial charge in [0.1, 0.15) is 0 Å². The Morgan fingerprint density at radius 1 is 1.16 bits per heavy atom. The molecule has 0 saturated heterocycles. The van der Waals surface area contributed by atoms with Gasteiger partial charge in [0.2, 0.25) is 0 Å². The molecule has 0 aliphatic rings. The SMILES string of the molecule is CCCC(CCCN)c1ccc(C)c(C(C)(C)C)c1. The number of benzene rings is 1. The molecule has 0 fully saturated rings. The lowest BCUT2D eigenvalue weighted by Gasteiger charge is -2.25. The van der Waals surface area contributed by atoms with Crippen LogP contribution < -0.4 is 5.73 Å². The molecule has 0 aromatic heterocycles. The topological polar surface area (TPSA) is 26.0 Å². The molecule has 2 N–H and O–H groups in total. The third-order valence-corrected chi connectivity index (χ3v) is 3.93. The van der Waals surface area contributed by atoms with Crippen LogP contribution >= 0.6 is 0 Å². The molecule has 1 aromatic rings. The summed E-state index contributed by atoms with van der Waals surface area (Å²) in [6.07, 6.45) is 4.86. The zero-order chi connectivity index (χ0) is 14.5. The van der Waals surface area contributed by atoms with Gasteiger partial charge in [-0.3, -0.25) is 0 Å². The summed E-state index contributed by atoms with van der Waals surface area (Å²) in [5.74, 6) is 0.676. The van der Waals surface area contributed by atoms with Crippen LogP contribution in [0, 0.1) is 6.92 Å². The lowest BCUT2D eigenvalue weighted by molar-refractivity contribution is 0.543. The van der Waals surface area contributed by atoms with Crippen molar-refractivity contribution < 1.29 is 0 Å². The molecule has 0 aliphatic heterocycles. The highest BCUT2D eigenvalue weighted by molar-refractivity contribution is 5.37. The zero-order valence-electron chi connectivity index (χ0n) is 13.4. The molecule has 1 nitrogen and oxygen atoms in total. The van der Waals surface area contributed by atoms with E-state index in [1.165, 1.54) is 36.0 Å². The molecule has 108 valence electrons. The predicted molar refractivity (Wildman–Crippen MR) is 85.8 cm³/mol. The van der Waals surface area contributed by atoms with Crippen LogP contribution in [-0.4, -0.2) is 6.54 Å². The summed E-state index contributed by atoms with van der Waals surface area (Å²) < 4.78 is 0. The first kappa shape index (κ1) is 16.2. The number of rotatable bonds is 6. The van der Waals surface area contributed by atoms with E-state index in [0.29, 0.717) is 5.92 Å². The van der Waals surface area contributed by atoms with Crippen molar-refractivity contribution in [2.75, 3.05) is 6.54 Å². The molecule has 0 aliphatic carbocycles. The van der Waals surface area contributed by atoms with Gasteiger partial charge < -0.3 is 5.73 Å². The van der Waals surface area contributed by atoms with Crippen LogP contribution in [0.4, 0.5) is 0 Å². The molecular weight excluding hydrogens is 230 g/mol. The minimum atomic E-state index is 0.227. The van der Waals surface area contributed by atoms with Gasteiger partial charge in [0.25, 0.3) is 0 Å². The molecular formula is C18H31N. The zero-order valence-corrected chi connectivity index (χ0v) is 13.4. The summed E-state index contributed by atoms with van der Waals surface area (Å²) in [7, 11) is 0. The maximum Gasteiger partial charge on any atom is -0.00771 e. The molecule has 0 amide bonds. The minimum Gasteiger partial charge on any atom is -0.330 e. The van der Waals surface area contributed by atoms with Crippen molar-refractivity contribution in [2.45, 2.75) is 71.6 Å². The van der Waals surface area contributed by atoms with E-state index in [9.17, 15) is 0 Å². The van der Waals surface area contributed by atoms with Gasteiger partial charge in [-0.1, -0.05) is 52.3 Å². The predicted octanol–water partition coefficient (Wildman–Crippen LogP) is 4.92. The fraction of sp³-hybridized carbons (Fsp3) is 0.667. The Morgan fingerprint density at radius 3 is 2.37 bits per heavy atom. The van der Waals surface area contributed by atoms with Crippen molar-refractivity contribution in [2.24, 2.45) is 5.73 Å². The van der Waals surface area contributed by atoms with Gasteiger partial charge >= 0.3 is 0 Å². The van der Waals surface area contributed by atoms with Crippen molar-refractivity contribution in [3.8, 4) is 0 Å². The van der Waals surface area contributed by atoms with E-state index >= 15 is 0 Å². The van der Waals surface area contributed by atoms with Gasteiger partial charge in [-0.15, -0.1) is 0 Å². The average Bonchev–Trinajstić information content (AvgIpc) is 2.34. The maximum atomic E-state index is 5.67. The highest BCUT2D eigenvalue weighted by Gasteiger charge is 2.19. The number of nitrogens with two attached hydrogens (primary N) is 1. The van der Waals surface area contributed by atoms with Crippen molar-refractivity contribution >= 4 is 0 Å². The molecule has 1 heteroatoms. The third-order valence-electron chi connectivity index (χ3n) is 3.93. The van der Waals surface area contributed by atoms with Gasteiger partial charge in [0.05, 0.1) is 0 Å². The summed E-state index contributed by atoms with van der Waals surface area (Å²) in [6.45, 7) is 12.2. The van der Waals surface area contributed by atoms with Crippen LogP contribution in [0.2, 0.25) is 0 Å². The highest BCUT2D eigenvalue weighted by Crippen LogP contribution is 2.32. The van der Waals surface area contributed by atoms with Gasteiger partial charge in [-0.25, -0.2) is 0 Å². The molecule has 0 saturated carbocycles. The fourth-order valence-corrected chi connectivity index (χ4v) is 2.89. The first-order valence-electron chi connectivity index (χ1n) is 7.71. The van der Waals surface area contributed by atoms with Crippen LogP contribution in [-0.2, 0) is 5.41 Å². The Hall–Kier alpha value is -0.820. The second kappa shape index (κ2) is 7.09. The summed E-state index contributed by atoms with van der Waals surface area (Å²) in [4.78, 5) is 0. The van der Waals surface area contributed by atoms with Crippen molar-refractivity contribution in [1.82, 2.24) is 0 Å². The molecule has 1 aromatic carbocycles. The van der Waals surface area contributed by atoms with Crippen molar-refractivity contribution in [3.63, 3.8) is 0 Å². The van der Waals surface area contributed by atoms with Crippen LogP contribution in [0.15, 0.2) is 18.2 Å². The quantitative estimate of drug-likeness (QED) is 0.773. The second-order valence-electron chi connectivity index (χ2n) is 6.74. The number of aryl methyl sites for hydroxylation is 1. The van der Waals surface area contributed by atoms with E-state index in [4.69, 9.17) is 5.73 Å². The first-order chi connectivity index (χ1) is 8.90. The molecule has 1 unspecified atom stereocenters. The van der Waals surface area contributed by atoms with Crippen LogP contribution in [0.1, 0.15) is 76.0 Å². The molecule has 0 radical (unpaired) electrons. The Labute approximate surface area is 119 Å². The van der Waals surface area contributed by atoms with Crippen LogP contribution in [0.3, 0.4) is 0 Å². The lowest BCUT2D eigenvalue weighted by atomic mass is 9.80. The summed E-state index contributed by atoms with van der Waals surface area (Å²) >= 11 is 0. The standard InChI is InChI=1S/C18H31N/c1-6-8-15(9-7-12-19)16-11-10-14(2)17(13-16)18(3,4)5/h10-11,13,15H,6-9,12,19H2,1-5H3. The van der Waals surface area contributed by atoms with Crippen molar-refractivity contribution in [1.29, 1.82) is 0 Å². The van der Waals surface area contributed by atoms with Crippen LogP contribution in [0.5, 0.6) is 0 Å². The highest BCUT2D eigenvalue weighted by atomic mass is 14.5. The lowest BCUT2D eigenvalue weighted by Crippen LogP contribution is -2.14. The third kappa shape index (κ3) is 4.65. The van der Waals surface area contributed by atoms with E-state index in [1.54, 1.807) is 0 Å². The Bertz CT molecular complexity index is 387. The van der Waals surface area contributed by atoms with E-state index in [0.717, 1.165) is 13.0 Å². The van der Waals surface area contributed by atoms with E-state index < -0.39 is 0 Å². The average molecular weight is 261 g/mol. The number of hydrogen-bond acceptors (Lipinski definition) is 1. The molecule has 0 bridgehead atoms. The summed E-state index contributed by atoms with van der Waals surface area (Å²) in [6, 6.07) is 7.05. The van der Waals surface area contributed by atoms with E-state index in [1.807, 2.05) is 0 Å². The summed E-state index contributed by atoms with van der Waals surface area (Å²) in [5.41, 5.74) is 10.3. The van der Waals surface area contributed by atoms with Crippen LogP contribution in [0.25, 0.3) is 0 Å². The molecule has 1 rings (SSSR count). The number of hydrogen-bond donors (Lipinski definition) is 1. The molecule has 0 spiro atoms. The fourth-order valence-electron chi connectivity index (χ4n) is 2.89.